The lowest BCUT2D eigenvalue weighted by Gasteiger charge is -2.22. The van der Waals surface area contributed by atoms with Gasteiger partial charge in [-0.05, 0) is 49.2 Å². The number of carboxylic acid groups (broad SMARTS) is 1. The number of para-hydroxylation sites is 1. The van der Waals surface area contributed by atoms with Gasteiger partial charge in [0.1, 0.15) is 12.4 Å². The highest BCUT2D eigenvalue weighted by molar-refractivity contribution is 7.92. The Morgan fingerprint density at radius 1 is 1.03 bits per heavy atom. The molecule has 11 heteroatoms. The molecule has 4 rings (SSSR count). The monoisotopic (exact) mass is 554 g/mol. The first-order valence-electron chi connectivity index (χ1n) is 11.5. The first kappa shape index (κ1) is 28.4. The second-order valence-electron chi connectivity index (χ2n) is 8.61. The van der Waals surface area contributed by atoms with Crippen LogP contribution in [0.2, 0.25) is 0 Å². The number of aromatic nitrogens is 1. The van der Waals surface area contributed by atoms with Gasteiger partial charge in [0.25, 0.3) is 10.0 Å². The lowest BCUT2D eigenvalue weighted by Crippen LogP contribution is -2.35. The van der Waals surface area contributed by atoms with Crippen LogP contribution >= 0.6 is 12.4 Å². The zero-order valence-corrected chi connectivity index (χ0v) is 22.1. The molecule has 5 N–H and O–H groups in total. The van der Waals surface area contributed by atoms with E-state index in [1.807, 2.05) is 12.1 Å². The Labute approximate surface area is 226 Å². The van der Waals surface area contributed by atoms with Crippen LogP contribution in [0.25, 0.3) is 10.9 Å². The lowest BCUT2D eigenvalue weighted by molar-refractivity contribution is -0.135. The van der Waals surface area contributed by atoms with Crippen molar-refractivity contribution < 1.29 is 23.1 Å². The molecule has 0 saturated carbocycles. The van der Waals surface area contributed by atoms with Gasteiger partial charge >= 0.3 is 5.97 Å². The summed E-state index contributed by atoms with van der Waals surface area (Å²) in [5, 5.41) is 17.3. The number of sulfonamides is 1. The van der Waals surface area contributed by atoms with Crippen LogP contribution in [-0.2, 0) is 21.2 Å². The second kappa shape index (κ2) is 11.5. The Balaban J connectivity index is 0.00000400. The van der Waals surface area contributed by atoms with E-state index in [1.54, 1.807) is 43.3 Å². The number of carboxylic acids is 1. The fraction of sp³-hybridized carbons (Fsp3) is 0.148. The summed E-state index contributed by atoms with van der Waals surface area (Å²) < 4.78 is 27.9. The number of carbonyl (C=O) groups excluding carboxylic acids is 1. The van der Waals surface area contributed by atoms with Crippen LogP contribution in [0.3, 0.4) is 0 Å². The number of rotatable bonds is 10. The van der Waals surface area contributed by atoms with Gasteiger partial charge in [0, 0.05) is 34.1 Å². The smallest absolute Gasteiger partial charge is 0.324 e. The lowest BCUT2D eigenvalue weighted by atomic mass is 10.00. The minimum absolute atomic E-state index is 0. The standard InChI is InChI=1S/C27H26N4O5S.ClH/c1-17-26(24(32)14-9-18-7-10-19(11-8-18)27(28)29)22-15-21(12-13-23(22)30-17)37(35,36)31(16-25(33)34)20-5-3-2-4-6-20;/h2-8,10-13,15,30H,9,14,16H2,1H3,(H3,28,29)(H,33,34);1H. The minimum atomic E-state index is -4.24. The molecule has 0 amide bonds. The normalized spacial score (nSPS) is 11.1. The molecule has 0 radical (unpaired) electrons. The predicted molar refractivity (Wildman–Crippen MR) is 149 cm³/mol. The number of halogens is 1. The van der Waals surface area contributed by atoms with E-state index in [0.717, 1.165) is 9.87 Å². The number of nitrogens with zero attached hydrogens (tertiary/aromatic N) is 1. The van der Waals surface area contributed by atoms with Crippen molar-refractivity contribution >= 4 is 56.6 Å². The van der Waals surface area contributed by atoms with E-state index in [0.29, 0.717) is 34.1 Å². The van der Waals surface area contributed by atoms with Crippen molar-refractivity contribution in [1.82, 2.24) is 4.98 Å². The number of amidine groups is 1. The molecule has 3 aromatic carbocycles. The number of hydrogen-bond donors (Lipinski definition) is 4. The van der Waals surface area contributed by atoms with Gasteiger partial charge in [-0.3, -0.25) is 19.3 Å². The summed E-state index contributed by atoms with van der Waals surface area (Å²) in [7, 11) is -4.24. The molecule has 0 saturated heterocycles. The number of nitrogens with one attached hydrogen (secondary N) is 2. The number of aliphatic carboxylic acids is 1. The van der Waals surface area contributed by atoms with Gasteiger partial charge in [0.15, 0.2) is 5.78 Å². The third-order valence-electron chi connectivity index (χ3n) is 6.05. The molecule has 38 heavy (non-hydrogen) atoms. The number of fused-ring (bicyclic) bond motifs is 1. The number of benzene rings is 3. The van der Waals surface area contributed by atoms with Crippen LogP contribution in [0.5, 0.6) is 0 Å². The molecule has 1 heterocycles. The van der Waals surface area contributed by atoms with Crippen LogP contribution in [0.1, 0.15) is 33.6 Å². The van der Waals surface area contributed by atoms with Gasteiger partial charge in [0.05, 0.1) is 10.6 Å². The quantitative estimate of drug-likeness (QED) is 0.130. The maximum absolute atomic E-state index is 13.5. The highest BCUT2D eigenvalue weighted by Gasteiger charge is 2.28. The average Bonchev–Trinajstić information content (AvgIpc) is 3.21. The van der Waals surface area contributed by atoms with E-state index in [1.165, 1.54) is 24.3 Å². The van der Waals surface area contributed by atoms with Crippen molar-refractivity contribution in [2.75, 3.05) is 10.8 Å². The van der Waals surface area contributed by atoms with Gasteiger partial charge in [-0.2, -0.15) is 0 Å². The summed E-state index contributed by atoms with van der Waals surface area (Å²) in [6.45, 7) is 1.01. The number of hydrogen-bond acceptors (Lipinski definition) is 5. The number of carbonyl (C=O) groups is 2. The van der Waals surface area contributed by atoms with Crippen molar-refractivity contribution in [1.29, 1.82) is 5.41 Å². The predicted octanol–water partition coefficient (Wildman–Crippen LogP) is 4.28. The summed E-state index contributed by atoms with van der Waals surface area (Å²) in [6.07, 6.45) is 0.654. The first-order valence-corrected chi connectivity index (χ1v) is 12.9. The molecular weight excluding hydrogens is 528 g/mol. The third-order valence-corrected chi connectivity index (χ3v) is 7.82. The second-order valence-corrected chi connectivity index (χ2v) is 10.5. The SMILES string of the molecule is Cc1[nH]c2ccc(S(=O)(=O)N(CC(=O)O)c3ccccc3)cc2c1C(=O)CCc1ccc(C(=N)N)cc1.Cl. The molecule has 0 aliphatic heterocycles. The highest BCUT2D eigenvalue weighted by Crippen LogP contribution is 2.30. The van der Waals surface area contributed by atoms with Gasteiger partial charge < -0.3 is 15.8 Å². The van der Waals surface area contributed by atoms with Gasteiger partial charge in [-0.25, -0.2) is 8.42 Å². The molecule has 0 fully saturated rings. The van der Waals surface area contributed by atoms with Crippen molar-refractivity contribution in [3.8, 4) is 0 Å². The third kappa shape index (κ3) is 5.87. The van der Waals surface area contributed by atoms with Gasteiger partial charge in [-0.15, -0.1) is 12.4 Å². The molecule has 1 aromatic heterocycles. The Morgan fingerprint density at radius 2 is 1.68 bits per heavy atom. The summed E-state index contributed by atoms with van der Waals surface area (Å²) in [5.41, 5.74) is 8.85. The Hall–Kier alpha value is -4.15. The van der Waals surface area contributed by atoms with Crippen molar-refractivity contribution in [3.05, 3.63) is 95.2 Å². The van der Waals surface area contributed by atoms with Crippen molar-refractivity contribution in [2.24, 2.45) is 5.73 Å². The van der Waals surface area contributed by atoms with E-state index >= 15 is 0 Å². The molecule has 0 aliphatic rings. The summed E-state index contributed by atoms with van der Waals surface area (Å²) in [4.78, 5) is 27.8. The number of nitrogen functional groups attached to an aromatic ring is 1. The topological polar surface area (TPSA) is 157 Å². The van der Waals surface area contributed by atoms with Crippen molar-refractivity contribution in [3.63, 3.8) is 0 Å². The molecule has 0 aliphatic carbocycles. The van der Waals surface area contributed by atoms with Crippen LogP contribution in [-0.4, -0.2) is 42.6 Å². The summed E-state index contributed by atoms with van der Waals surface area (Å²) in [6, 6.07) is 19.5. The largest absolute Gasteiger partial charge is 0.480 e. The maximum atomic E-state index is 13.5. The number of Topliss-reactive ketones (excluding diaryl/α,β-unsaturated/α-hetero) is 1. The number of aromatic amines is 1. The van der Waals surface area contributed by atoms with E-state index < -0.39 is 22.5 Å². The molecule has 198 valence electrons. The molecule has 0 atom stereocenters. The van der Waals surface area contributed by atoms with Crippen LogP contribution in [0.4, 0.5) is 5.69 Å². The Bertz CT molecular complexity index is 1600. The zero-order chi connectivity index (χ0) is 26.7. The first-order chi connectivity index (χ1) is 17.6. The molecule has 0 bridgehead atoms. The zero-order valence-electron chi connectivity index (χ0n) is 20.5. The Kier molecular flexibility index (Phi) is 8.60. The maximum Gasteiger partial charge on any atom is 0.324 e. The number of H-pyrrole nitrogens is 1. The van der Waals surface area contributed by atoms with E-state index in [9.17, 15) is 23.1 Å². The molecule has 0 unspecified atom stereocenters. The summed E-state index contributed by atoms with van der Waals surface area (Å²) in [5.74, 6) is -1.48. The fourth-order valence-electron chi connectivity index (χ4n) is 4.22. The van der Waals surface area contributed by atoms with E-state index in [-0.39, 0.29) is 41.0 Å². The fourth-order valence-corrected chi connectivity index (χ4v) is 5.66. The molecule has 9 nitrogen and oxygen atoms in total. The number of anilines is 1. The van der Waals surface area contributed by atoms with Crippen LogP contribution < -0.4 is 10.0 Å². The summed E-state index contributed by atoms with van der Waals surface area (Å²) >= 11 is 0. The van der Waals surface area contributed by atoms with E-state index in [4.69, 9.17) is 11.1 Å². The molecule has 0 spiro atoms. The van der Waals surface area contributed by atoms with Gasteiger partial charge in [0.2, 0.25) is 0 Å². The number of nitrogens with two attached hydrogens (primary N) is 1. The minimum Gasteiger partial charge on any atom is -0.480 e. The van der Waals surface area contributed by atoms with Crippen molar-refractivity contribution in [2.45, 2.75) is 24.7 Å². The average molecular weight is 555 g/mol. The molecular formula is C27H27ClN4O5S. The molecule has 4 aromatic rings. The van der Waals surface area contributed by atoms with Crippen LogP contribution in [0, 0.1) is 12.3 Å². The number of ketones is 1. The Morgan fingerprint density at radius 3 is 2.29 bits per heavy atom. The highest BCUT2D eigenvalue weighted by atomic mass is 35.5. The van der Waals surface area contributed by atoms with Gasteiger partial charge in [-0.1, -0.05) is 42.5 Å². The van der Waals surface area contributed by atoms with Crippen LogP contribution in [0.15, 0.2) is 77.7 Å². The number of aryl methyl sites for hydroxylation is 2. The van der Waals surface area contributed by atoms with E-state index in [2.05, 4.69) is 4.98 Å².